The molecule has 0 fully saturated rings. The summed E-state index contributed by atoms with van der Waals surface area (Å²) in [6, 6.07) is 12.9. The molecule has 0 radical (unpaired) electrons. The molecule has 7 heteroatoms. The third-order valence-corrected chi connectivity index (χ3v) is 6.00. The molecule has 0 saturated carbocycles. The third kappa shape index (κ3) is 3.94. The van der Waals surface area contributed by atoms with Crippen LogP contribution in [0, 0.1) is 0 Å². The van der Waals surface area contributed by atoms with Crippen molar-refractivity contribution in [2.75, 3.05) is 38.8 Å². The number of ether oxygens (including phenoxy) is 2. The molecule has 0 saturated heterocycles. The number of para-hydroxylation sites is 1. The first-order valence-electron chi connectivity index (χ1n) is 8.59. The van der Waals surface area contributed by atoms with Crippen LogP contribution in [0.4, 0.5) is 5.69 Å². The molecule has 6 nitrogen and oxygen atoms in total. The predicted molar refractivity (Wildman–Crippen MR) is 102 cm³/mol. The molecule has 0 aromatic heterocycles. The molecule has 2 aromatic carbocycles. The Balaban J connectivity index is 1.56. The quantitative estimate of drug-likeness (QED) is 0.717. The number of nitrogens with zero attached hydrogens (tertiary/aromatic N) is 1. The van der Waals surface area contributed by atoms with E-state index in [2.05, 4.69) is 27.8 Å². The van der Waals surface area contributed by atoms with E-state index < -0.39 is 10.0 Å². The molecule has 3 rings (SSSR count). The molecule has 1 aliphatic heterocycles. The largest absolute Gasteiger partial charge is 0.493 e. The summed E-state index contributed by atoms with van der Waals surface area (Å²) in [4.78, 5) is 2.47. The molecule has 26 heavy (non-hydrogen) atoms. The van der Waals surface area contributed by atoms with Crippen molar-refractivity contribution in [3.63, 3.8) is 0 Å². The van der Waals surface area contributed by atoms with E-state index in [0.29, 0.717) is 18.0 Å². The summed E-state index contributed by atoms with van der Waals surface area (Å²) in [5, 5.41) is 0. The van der Waals surface area contributed by atoms with Crippen molar-refractivity contribution in [3.05, 3.63) is 48.0 Å². The van der Waals surface area contributed by atoms with E-state index in [1.54, 1.807) is 6.07 Å². The highest BCUT2D eigenvalue weighted by atomic mass is 32.2. The summed E-state index contributed by atoms with van der Waals surface area (Å²) >= 11 is 0. The van der Waals surface area contributed by atoms with E-state index in [4.69, 9.17) is 9.47 Å². The lowest BCUT2D eigenvalue weighted by molar-refractivity contribution is 0.354. The minimum Gasteiger partial charge on any atom is -0.493 e. The van der Waals surface area contributed by atoms with E-state index >= 15 is 0 Å². The van der Waals surface area contributed by atoms with Crippen molar-refractivity contribution in [1.82, 2.24) is 4.72 Å². The van der Waals surface area contributed by atoms with Gasteiger partial charge >= 0.3 is 0 Å². The lowest BCUT2D eigenvalue weighted by atomic mass is 10.2. The van der Waals surface area contributed by atoms with Gasteiger partial charge < -0.3 is 14.4 Å². The normalized spacial score (nSPS) is 13.5. The van der Waals surface area contributed by atoms with Crippen LogP contribution >= 0.6 is 0 Å². The zero-order valence-corrected chi connectivity index (χ0v) is 15.9. The van der Waals surface area contributed by atoms with Gasteiger partial charge in [-0.3, -0.25) is 0 Å². The molecule has 0 aliphatic carbocycles. The van der Waals surface area contributed by atoms with Crippen LogP contribution in [0.25, 0.3) is 0 Å². The number of fused-ring (bicyclic) bond motifs is 1. The predicted octanol–water partition coefficient (Wildman–Crippen LogP) is 2.43. The smallest absolute Gasteiger partial charge is 0.240 e. The van der Waals surface area contributed by atoms with E-state index in [0.717, 1.165) is 25.9 Å². The van der Waals surface area contributed by atoms with Gasteiger partial charge in [0.05, 0.1) is 19.1 Å². The van der Waals surface area contributed by atoms with Crippen molar-refractivity contribution < 1.29 is 17.9 Å². The second-order valence-corrected chi connectivity index (χ2v) is 7.90. The second kappa shape index (κ2) is 7.97. The molecule has 0 unspecified atom stereocenters. The summed E-state index contributed by atoms with van der Waals surface area (Å²) in [5.74, 6) is 0.892. The Morgan fingerprint density at radius 2 is 1.85 bits per heavy atom. The Kier molecular flexibility index (Phi) is 5.68. The standard InChI is InChI=1S/C19H24N2O4S/c1-24-18-9-8-16(14-19(18)25-2)26(22,23)20-11-5-12-21-13-10-15-6-3-4-7-17(15)21/h3-4,6-9,14,20H,5,10-13H2,1-2H3. The van der Waals surface area contributed by atoms with Crippen LogP contribution in [-0.4, -0.2) is 42.3 Å². The first-order valence-corrected chi connectivity index (χ1v) is 10.1. The number of rotatable bonds is 8. The summed E-state index contributed by atoms with van der Waals surface area (Å²) in [7, 11) is -0.582. The zero-order valence-electron chi connectivity index (χ0n) is 15.1. The Morgan fingerprint density at radius 1 is 1.08 bits per heavy atom. The zero-order chi connectivity index (χ0) is 18.6. The Hall–Kier alpha value is -2.25. The number of methoxy groups -OCH3 is 2. The van der Waals surface area contributed by atoms with Gasteiger partial charge in [0.2, 0.25) is 10.0 Å². The molecular weight excluding hydrogens is 352 g/mol. The van der Waals surface area contributed by atoms with Gasteiger partial charge in [0.15, 0.2) is 11.5 Å². The minimum absolute atomic E-state index is 0.168. The maximum Gasteiger partial charge on any atom is 0.240 e. The van der Waals surface area contributed by atoms with E-state index in [1.165, 1.54) is 37.6 Å². The molecule has 0 amide bonds. The average molecular weight is 376 g/mol. The van der Waals surface area contributed by atoms with Gasteiger partial charge in [-0.05, 0) is 36.6 Å². The lowest BCUT2D eigenvalue weighted by Crippen LogP contribution is -2.29. The van der Waals surface area contributed by atoms with Crippen LogP contribution in [0.15, 0.2) is 47.4 Å². The molecule has 1 N–H and O–H groups in total. The molecule has 1 heterocycles. The number of sulfonamides is 1. The van der Waals surface area contributed by atoms with Gasteiger partial charge in [-0.2, -0.15) is 0 Å². The van der Waals surface area contributed by atoms with Crippen molar-refractivity contribution in [1.29, 1.82) is 0 Å². The topological polar surface area (TPSA) is 67.9 Å². The van der Waals surface area contributed by atoms with Crippen LogP contribution in [0.3, 0.4) is 0 Å². The fourth-order valence-electron chi connectivity index (χ4n) is 3.18. The lowest BCUT2D eigenvalue weighted by Gasteiger charge is -2.19. The molecule has 2 aromatic rings. The van der Waals surface area contributed by atoms with Crippen LogP contribution in [0.5, 0.6) is 11.5 Å². The SMILES string of the molecule is COc1ccc(S(=O)(=O)NCCCN2CCc3ccccc32)cc1OC. The Bertz CT molecular complexity index is 868. The number of benzene rings is 2. The van der Waals surface area contributed by atoms with Gasteiger partial charge in [0.1, 0.15) is 0 Å². The van der Waals surface area contributed by atoms with Gasteiger partial charge in [-0.15, -0.1) is 0 Å². The monoisotopic (exact) mass is 376 g/mol. The highest BCUT2D eigenvalue weighted by molar-refractivity contribution is 7.89. The Labute approximate surface area is 154 Å². The number of hydrogen-bond donors (Lipinski definition) is 1. The molecule has 0 atom stereocenters. The Morgan fingerprint density at radius 3 is 2.62 bits per heavy atom. The summed E-state index contributed by atoms with van der Waals surface area (Å²) in [6.45, 7) is 2.20. The van der Waals surface area contributed by atoms with Crippen LogP contribution in [0.1, 0.15) is 12.0 Å². The fraction of sp³-hybridized carbons (Fsp3) is 0.368. The van der Waals surface area contributed by atoms with Gasteiger partial charge in [0.25, 0.3) is 0 Å². The maximum atomic E-state index is 12.5. The summed E-state index contributed by atoms with van der Waals surface area (Å²) < 4.78 is 37.9. The second-order valence-electron chi connectivity index (χ2n) is 6.13. The van der Waals surface area contributed by atoms with Gasteiger partial charge in [-0.25, -0.2) is 13.1 Å². The fourth-order valence-corrected chi connectivity index (χ4v) is 4.27. The highest BCUT2D eigenvalue weighted by Gasteiger charge is 2.19. The number of nitrogens with one attached hydrogen (secondary N) is 1. The molecular formula is C19H24N2O4S. The van der Waals surface area contributed by atoms with Gasteiger partial charge in [-0.1, -0.05) is 18.2 Å². The number of hydrogen-bond acceptors (Lipinski definition) is 5. The van der Waals surface area contributed by atoms with Crippen molar-refractivity contribution >= 4 is 15.7 Å². The molecule has 0 spiro atoms. The van der Waals surface area contributed by atoms with Gasteiger partial charge in [0, 0.05) is 31.4 Å². The van der Waals surface area contributed by atoms with Crippen molar-refractivity contribution in [2.45, 2.75) is 17.7 Å². The first kappa shape index (κ1) is 18.5. The maximum absolute atomic E-state index is 12.5. The van der Waals surface area contributed by atoms with Crippen LogP contribution in [0.2, 0.25) is 0 Å². The number of anilines is 1. The van der Waals surface area contributed by atoms with Crippen molar-refractivity contribution in [3.8, 4) is 11.5 Å². The van der Waals surface area contributed by atoms with Crippen LogP contribution < -0.4 is 19.1 Å². The highest BCUT2D eigenvalue weighted by Crippen LogP contribution is 2.29. The summed E-state index contributed by atoms with van der Waals surface area (Å²) in [5.41, 5.74) is 2.62. The van der Waals surface area contributed by atoms with E-state index in [-0.39, 0.29) is 4.90 Å². The molecule has 1 aliphatic rings. The van der Waals surface area contributed by atoms with Crippen molar-refractivity contribution in [2.24, 2.45) is 0 Å². The minimum atomic E-state index is -3.58. The molecule has 0 bridgehead atoms. The van der Waals surface area contributed by atoms with E-state index in [1.807, 2.05) is 6.07 Å². The van der Waals surface area contributed by atoms with E-state index in [9.17, 15) is 8.42 Å². The van der Waals surface area contributed by atoms with Crippen LogP contribution in [-0.2, 0) is 16.4 Å². The first-order chi connectivity index (χ1) is 12.5. The third-order valence-electron chi connectivity index (χ3n) is 4.55. The average Bonchev–Trinajstić information content (AvgIpc) is 3.08. The summed E-state index contributed by atoms with van der Waals surface area (Å²) in [6.07, 6.45) is 1.79. The molecule has 140 valence electrons.